The van der Waals surface area contributed by atoms with Gasteiger partial charge in [-0.1, -0.05) is 48.0 Å². The molecule has 1 N–H and O–H groups in total. The topological polar surface area (TPSA) is 62.0 Å². The van der Waals surface area contributed by atoms with Crippen LogP contribution in [0.4, 0.5) is 0 Å². The van der Waals surface area contributed by atoms with E-state index in [1.165, 1.54) is 10.4 Å². The number of nitrogens with zero attached hydrogens (tertiary/aromatic N) is 2. The van der Waals surface area contributed by atoms with Crippen molar-refractivity contribution in [1.29, 1.82) is 0 Å². The fourth-order valence-corrected chi connectivity index (χ4v) is 4.83. The van der Waals surface area contributed by atoms with Crippen molar-refractivity contribution < 1.29 is 13.5 Å². The first-order valence-electron chi connectivity index (χ1n) is 9.76. The van der Waals surface area contributed by atoms with Gasteiger partial charge in [0.1, 0.15) is 5.75 Å². The van der Waals surface area contributed by atoms with Crippen molar-refractivity contribution in [2.24, 2.45) is 0 Å². The van der Waals surface area contributed by atoms with Crippen LogP contribution in [0.15, 0.2) is 17.2 Å². The normalized spacial score (nSPS) is 17.4. The molecule has 5 nitrogen and oxygen atoms in total. The number of aromatic hydroxyl groups is 1. The van der Waals surface area contributed by atoms with Crippen LogP contribution in [0.3, 0.4) is 0 Å². The number of benzene rings is 1. The summed E-state index contributed by atoms with van der Waals surface area (Å²) in [4.78, 5) is 3.36. The summed E-state index contributed by atoms with van der Waals surface area (Å²) < 4.78 is 27.3. The van der Waals surface area contributed by atoms with E-state index in [-0.39, 0.29) is 21.6 Å². The Balaban J connectivity index is 2.64. The smallest absolute Gasteiger partial charge is 0.293 e. The molecule has 0 aromatic heterocycles. The van der Waals surface area contributed by atoms with Gasteiger partial charge < -0.3 is 5.11 Å². The Morgan fingerprint density at radius 2 is 1.50 bits per heavy atom. The maximum atomic E-state index is 12.9. The summed E-state index contributed by atoms with van der Waals surface area (Å²) in [6.07, 6.45) is 4.11. The molecule has 1 saturated heterocycles. The lowest BCUT2D eigenvalue weighted by Gasteiger charge is -2.28. The van der Waals surface area contributed by atoms with Crippen molar-refractivity contribution in [2.75, 3.05) is 13.1 Å². The molecule has 0 aliphatic carbocycles. The molecule has 1 aliphatic rings. The van der Waals surface area contributed by atoms with Gasteiger partial charge in [0.05, 0.1) is 6.57 Å². The summed E-state index contributed by atoms with van der Waals surface area (Å²) in [5.74, 6) is 0.236. The second-order valence-electron chi connectivity index (χ2n) is 9.52. The van der Waals surface area contributed by atoms with E-state index < -0.39 is 10.0 Å². The molecule has 0 atom stereocenters. The van der Waals surface area contributed by atoms with Gasteiger partial charge in [0.2, 0.25) is 10.0 Å². The van der Waals surface area contributed by atoms with Crippen molar-refractivity contribution in [3.05, 3.63) is 45.3 Å². The van der Waals surface area contributed by atoms with Crippen LogP contribution in [0.2, 0.25) is 0 Å². The molecule has 1 heterocycles. The van der Waals surface area contributed by atoms with E-state index in [9.17, 15) is 13.5 Å². The molecule has 0 radical (unpaired) electrons. The minimum absolute atomic E-state index is 0.236. The zero-order valence-corrected chi connectivity index (χ0v) is 18.7. The Bertz CT molecular complexity index is 870. The first-order chi connectivity index (χ1) is 12.8. The van der Waals surface area contributed by atoms with Gasteiger partial charge in [0.25, 0.3) is 5.03 Å². The molecule has 0 saturated carbocycles. The number of phenolic OH excluding ortho intramolecular Hbond substituents is 1. The third-order valence-electron chi connectivity index (χ3n) is 5.07. The Morgan fingerprint density at radius 1 is 1.04 bits per heavy atom. The molecule has 1 fully saturated rings. The Kier molecular flexibility index (Phi) is 6.32. The minimum atomic E-state index is -3.80. The van der Waals surface area contributed by atoms with Gasteiger partial charge in [0.15, 0.2) is 0 Å². The van der Waals surface area contributed by atoms with E-state index >= 15 is 0 Å². The molecule has 0 amide bonds. The van der Waals surface area contributed by atoms with E-state index in [2.05, 4.69) is 4.85 Å². The van der Waals surface area contributed by atoms with Crippen molar-refractivity contribution in [3.8, 4) is 5.75 Å². The summed E-state index contributed by atoms with van der Waals surface area (Å²) in [7, 11) is -3.80. The van der Waals surface area contributed by atoms with E-state index in [0.29, 0.717) is 18.7 Å². The average molecular weight is 405 g/mol. The Labute approximate surface area is 169 Å². The third kappa shape index (κ3) is 4.76. The van der Waals surface area contributed by atoms with Gasteiger partial charge >= 0.3 is 0 Å². The molecule has 6 heteroatoms. The summed E-state index contributed by atoms with van der Waals surface area (Å²) >= 11 is 0. The van der Waals surface area contributed by atoms with Crippen molar-refractivity contribution in [1.82, 2.24) is 4.31 Å². The molecular weight excluding hydrogens is 372 g/mol. The highest BCUT2D eigenvalue weighted by atomic mass is 32.2. The minimum Gasteiger partial charge on any atom is -0.507 e. The fraction of sp³-hybridized carbons (Fsp3) is 0.591. The standard InChI is InChI=1S/C22H32N2O3S/c1-21(2,3)17-13-16(14-18(20(17)25)22(4,5)6)15-19(23-7)28(26,27)24-11-9-8-10-12-24/h13-15,25H,8-12H2,1-6H3/b19-15+. The van der Waals surface area contributed by atoms with Gasteiger partial charge in [-0.05, 0) is 47.4 Å². The monoisotopic (exact) mass is 404 g/mol. The molecule has 28 heavy (non-hydrogen) atoms. The van der Waals surface area contributed by atoms with Gasteiger partial charge in [-0.2, -0.15) is 0 Å². The van der Waals surface area contributed by atoms with Crippen molar-refractivity contribution >= 4 is 16.1 Å². The fourth-order valence-electron chi connectivity index (χ4n) is 3.43. The van der Waals surface area contributed by atoms with Crippen molar-refractivity contribution in [3.63, 3.8) is 0 Å². The van der Waals surface area contributed by atoms with Gasteiger partial charge in [0, 0.05) is 24.2 Å². The van der Waals surface area contributed by atoms with Gasteiger partial charge in [-0.15, -0.1) is 0 Å². The van der Waals surface area contributed by atoms with Crippen LogP contribution in [0.5, 0.6) is 5.75 Å². The van der Waals surface area contributed by atoms with E-state index in [4.69, 9.17) is 6.57 Å². The number of piperidine rings is 1. The molecular formula is C22H32N2O3S. The summed E-state index contributed by atoms with van der Waals surface area (Å²) in [6.45, 7) is 20.4. The van der Waals surface area contributed by atoms with Crippen LogP contribution in [0, 0.1) is 6.57 Å². The first-order valence-corrected chi connectivity index (χ1v) is 11.2. The predicted molar refractivity (Wildman–Crippen MR) is 114 cm³/mol. The lowest BCUT2D eigenvalue weighted by atomic mass is 9.78. The summed E-state index contributed by atoms with van der Waals surface area (Å²) in [5, 5.41) is 10.6. The zero-order valence-electron chi connectivity index (χ0n) is 17.8. The lowest BCUT2D eigenvalue weighted by Crippen LogP contribution is -2.35. The highest BCUT2D eigenvalue weighted by Gasteiger charge is 2.30. The number of phenols is 1. The van der Waals surface area contributed by atoms with E-state index in [0.717, 1.165) is 30.4 Å². The number of hydrogen-bond acceptors (Lipinski definition) is 3. The highest BCUT2D eigenvalue weighted by Crippen LogP contribution is 2.40. The largest absolute Gasteiger partial charge is 0.507 e. The molecule has 0 unspecified atom stereocenters. The highest BCUT2D eigenvalue weighted by molar-refractivity contribution is 7.93. The van der Waals surface area contributed by atoms with Crippen LogP contribution >= 0.6 is 0 Å². The summed E-state index contributed by atoms with van der Waals surface area (Å²) in [5.41, 5.74) is 1.46. The Morgan fingerprint density at radius 3 is 1.89 bits per heavy atom. The quantitative estimate of drug-likeness (QED) is 0.720. The number of hydrogen-bond donors (Lipinski definition) is 1. The lowest BCUT2D eigenvalue weighted by molar-refractivity contribution is 0.350. The second kappa shape index (κ2) is 7.88. The van der Waals surface area contributed by atoms with E-state index in [1.807, 2.05) is 41.5 Å². The maximum absolute atomic E-state index is 12.9. The second-order valence-corrected chi connectivity index (χ2v) is 11.4. The molecule has 0 spiro atoms. The average Bonchev–Trinajstić information content (AvgIpc) is 2.59. The van der Waals surface area contributed by atoms with Gasteiger partial charge in [-0.3, -0.25) is 0 Å². The van der Waals surface area contributed by atoms with Crippen LogP contribution in [0.25, 0.3) is 10.9 Å². The SMILES string of the molecule is [C-]#[N+]/C(=C\c1cc(C(C)(C)C)c(O)c(C(C)(C)C)c1)S(=O)(=O)N1CCCCC1. The Hall–Kier alpha value is -1.84. The first kappa shape index (κ1) is 22.4. The molecule has 0 bridgehead atoms. The zero-order chi connectivity index (χ0) is 21.3. The third-order valence-corrected chi connectivity index (χ3v) is 6.85. The molecule has 1 aliphatic heterocycles. The molecule has 154 valence electrons. The molecule has 1 aromatic carbocycles. The van der Waals surface area contributed by atoms with Crippen LogP contribution in [0.1, 0.15) is 77.5 Å². The van der Waals surface area contributed by atoms with Crippen LogP contribution < -0.4 is 0 Å². The molecule has 2 rings (SSSR count). The number of sulfonamides is 1. The molecule has 1 aromatic rings. The van der Waals surface area contributed by atoms with Crippen molar-refractivity contribution in [2.45, 2.75) is 71.6 Å². The van der Waals surface area contributed by atoms with Gasteiger partial charge in [-0.25, -0.2) is 17.6 Å². The summed E-state index contributed by atoms with van der Waals surface area (Å²) in [6, 6.07) is 3.59. The van der Waals surface area contributed by atoms with Crippen LogP contribution in [-0.2, 0) is 20.9 Å². The van der Waals surface area contributed by atoms with E-state index in [1.54, 1.807) is 12.1 Å². The van der Waals surface area contributed by atoms with Crippen LogP contribution in [-0.4, -0.2) is 30.9 Å². The number of rotatable bonds is 3. The maximum Gasteiger partial charge on any atom is 0.293 e. The predicted octanol–water partition coefficient (Wildman–Crippen LogP) is 5.02.